The molecule has 0 bridgehead atoms. The molecule has 3 rings (SSSR count). The number of urea groups is 1. The van der Waals surface area contributed by atoms with Crippen LogP contribution in [-0.2, 0) is 5.41 Å². The van der Waals surface area contributed by atoms with Crippen LogP contribution in [0.25, 0.3) is 0 Å². The van der Waals surface area contributed by atoms with E-state index in [0.29, 0.717) is 28.8 Å². The van der Waals surface area contributed by atoms with Gasteiger partial charge in [-0.05, 0) is 23.1 Å². The lowest BCUT2D eigenvalue weighted by atomic mass is 9.87. The van der Waals surface area contributed by atoms with Crippen LogP contribution in [0.1, 0.15) is 26.3 Å². The van der Waals surface area contributed by atoms with Gasteiger partial charge in [0.15, 0.2) is 0 Å². The number of amides is 2. The molecular formula is C23H27N5O3. The molecule has 0 spiro atoms. The number of rotatable bonds is 6. The van der Waals surface area contributed by atoms with Crippen molar-refractivity contribution in [2.75, 3.05) is 30.2 Å². The number of nitrogens with zero attached hydrogens (tertiary/aromatic N) is 2. The van der Waals surface area contributed by atoms with Crippen LogP contribution in [0.2, 0.25) is 0 Å². The Morgan fingerprint density at radius 3 is 2.00 bits per heavy atom. The highest BCUT2D eigenvalue weighted by atomic mass is 16.5. The van der Waals surface area contributed by atoms with E-state index >= 15 is 0 Å². The average Bonchev–Trinajstić information content (AvgIpc) is 2.73. The highest BCUT2D eigenvalue weighted by Gasteiger charge is 2.13. The van der Waals surface area contributed by atoms with Crippen LogP contribution < -0.4 is 25.4 Å². The number of aromatic nitrogens is 2. The molecule has 31 heavy (non-hydrogen) atoms. The van der Waals surface area contributed by atoms with Gasteiger partial charge in [0.25, 0.3) is 0 Å². The molecule has 0 aliphatic rings. The summed E-state index contributed by atoms with van der Waals surface area (Å²) in [6.45, 7) is 6.51. The molecule has 0 unspecified atom stereocenters. The fourth-order valence-electron chi connectivity index (χ4n) is 2.85. The molecule has 0 aliphatic carbocycles. The topological polar surface area (TPSA) is 97.4 Å². The molecule has 2 aromatic carbocycles. The van der Waals surface area contributed by atoms with Gasteiger partial charge in [0.05, 0.1) is 14.2 Å². The predicted molar refractivity (Wildman–Crippen MR) is 123 cm³/mol. The van der Waals surface area contributed by atoms with Crippen LogP contribution in [-0.4, -0.2) is 30.2 Å². The largest absolute Gasteiger partial charge is 0.497 e. The van der Waals surface area contributed by atoms with Crippen molar-refractivity contribution in [2.24, 2.45) is 0 Å². The van der Waals surface area contributed by atoms with E-state index in [1.54, 1.807) is 38.5 Å². The number of hydrogen-bond donors (Lipinski definition) is 3. The standard InChI is InChI=1S/C23H27N5O3/c1-23(2,3)15-6-8-16(9-7-15)26-20-13-21(25-14-24-20)28-22(29)27-17-10-18(30-4)12-19(11-17)31-5/h6-14H,1-5H3,(H3,24,25,26,27,28,29). The van der Waals surface area contributed by atoms with E-state index in [1.807, 2.05) is 12.1 Å². The van der Waals surface area contributed by atoms with E-state index in [0.717, 1.165) is 5.69 Å². The third kappa shape index (κ3) is 6.08. The number of anilines is 4. The predicted octanol–water partition coefficient (Wildman–Crippen LogP) is 5.18. The van der Waals surface area contributed by atoms with E-state index in [9.17, 15) is 4.79 Å². The van der Waals surface area contributed by atoms with Crippen molar-refractivity contribution >= 4 is 29.0 Å². The maximum Gasteiger partial charge on any atom is 0.324 e. The van der Waals surface area contributed by atoms with Gasteiger partial charge in [-0.3, -0.25) is 5.32 Å². The number of methoxy groups -OCH3 is 2. The second-order valence-electron chi connectivity index (χ2n) is 7.92. The molecule has 2 amide bonds. The van der Waals surface area contributed by atoms with Crippen LogP contribution in [0, 0.1) is 0 Å². The lowest BCUT2D eigenvalue weighted by Gasteiger charge is -2.19. The fourth-order valence-corrected chi connectivity index (χ4v) is 2.85. The summed E-state index contributed by atoms with van der Waals surface area (Å²) in [5.74, 6) is 2.06. The lowest BCUT2D eigenvalue weighted by molar-refractivity contribution is 0.262. The molecule has 0 fully saturated rings. The van der Waals surface area contributed by atoms with Gasteiger partial charge >= 0.3 is 6.03 Å². The number of carbonyl (C=O) groups excluding carboxylic acids is 1. The van der Waals surface area contributed by atoms with Crippen LogP contribution in [0.5, 0.6) is 11.5 Å². The lowest BCUT2D eigenvalue weighted by Crippen LogP contribution is -2.20. The first-order chi connectivity index (χ1) is 14.8. The van der Waals surface area contributed by atoms with E-state index in [4.69, 9.17) is 9.47 Å². The molecule has 3 N–H and O–H groups in total. The number of carbonyl (C=O) groups is 1. The Morgan fingerprint density at radius 1 is 0.806 bits per heavy atom. The van der Waals surface area contributed by atoms with E-state index in [2.05, 4.69) is 58.8 Å². The summed E-state index contributed by atoms with van der Waals surface area (Å²) in [6.07, 6.45) is 1.38. The van der Waals surface area contributed by atoms with Crippen molar-refractivity contribution in [3.05, 3.63) is 60.4 Å². The summed E-state index contributed by atoms with van der Waals surface area (Å²) in [6, 6.07) is 14.5. The maximum absolute atomic E-state index is 12.4. The minimum atomic E-state index is -0.450. The Balaban J connectivity index is 1.66. The van der Waals surface area contributed by atoms with Crippen molar-refractivity contribution in [3.63, 3.8) is 0 Å². The van der Waals surface area contributed by atoms with Crippen molar-refractivity contribution < 1.29 is 14.3 Å². The third-order valence-corrected chi connectivity index (χ3v) is 4.54. The number of ether oxygens (including phenoxy) is 2. The SMILES string of the molecule is COc1cc(NC(=O)Nc2cc(Nc3ccc(C(C)(C)C)cc3)ncn2)cc(OC)c1. The second kappa shape index (κ2) is 9.34. The Bertz CT molecular complexity index is 1020. The Kier molecular flexibility index (Phi) is 6.59. The number of nitrogens with one attached hydrogen (secondary N) is 3. The van der Waals surface area contributed by atoms with Crippen molar-refractivity contribution in [2.45, 2.75) is 26.2 Å². The fraction of sp³-hybridized carbons (Fsp3) is 0.261. The van der Waals surface area contributed by atoms with Crippen molar-refractivity contribution in [3.8, 4) is 11.5 Å². The zero-order valence-corrected chi connectivity index (χ0v) is 18.3. The van der Waals surface area contributed by atoms with Gasteiger partial charge in [-0.15, -0.1) is 0 Å². The molecular weight excluding hydrogens is 394 g/mol. The minimum Gasteiger partial charge on any atom is -0.497 e. The number of benzene rings is 2. The summed E-state index contributed by atoms with van der Waals surface area (Å²) in [7, 11) is 3.09. The molecule has 1 heterocycles. The molecule has 0 radical (unpaired) electrons. The zero-order valence-electron chi connectivity index (χ0n) is 18.3. The van der Waals surface area contributed by atoms with Gasteiger partial charge < -0.3 is 20.1 Å². The van der Waals surface area contributed by atoms with Crippen LogP contribution in [0.3, 0.4) is 0 Å². The van der Waals surface area contributed by atoms with Crippen LogP contribution in [0.4, 0.5) is 27.8 Å². The van der Waals surface area contributed by atoms with E-state index in [1.165, 1.54) is 11.9 Å². The molecule has 3 aromatic rings. The van der Waals surface area contributed by atoms with Crippen LogP contribution >= 0.6 is 0 Å². The van der Waals surface area contributed by atoms with Crippen molar-refractivity contribution in [1.82, 2.24) is 9.97 Å². The van der Waals surface area contributed by atoms with E-state index in [-0.39, 0.29) is 5.41 Å². The van der Waals surface area contributed by atoms with Gasteiger partial charge in [-0.25, -0.2) is 14.8 Å². The molecule has 1 aromatic heterocycles. The van der Waals surface area contributed by atoms with Crippen LogP contribution in [0.15, 0.2) is 54.9 Å². The van der Waals surface area contributed by atoms with Gasteiger partial charge in [0.1, 0.15) is 29.5 Å². The maximum atomic E-state index is 12.4. The molecule has 162 valence electrons. The number of hydrogen-bond acceptors (Lipinski definition) is 6. The summed E-state index contributed by atoms with van der Waals surface area (Å²) in [5.41, 5.74) is 2.75. The highest BCUT2D eigenvalue weighted by molar-refractivity contribution is 5.99. The zero-order chi connectivity index (χ0) is 22.4. The molecule has 0 saturated heterocycles. The van der Waals surface area contributed by atoms with Crippen molar-refractivity contribution in [1.29, 1.82) is 0 Å². The van der Waals surface area contributed by atoms with Gasteiger partial charge in [-0.1, -0.05) is 32.9 Å². The first-order valence-corrected chi connectivity index (χ1v) is 9.77. The summed E-state index contributed by atoms with van der Waals surface area (Å²) < 4.78 is 10.4. The minimum absolute atomic E-state index is 0.0880. The third-order valence-electron chi connectivity index (χ3n) is 4.54. The summed E-state index contributed by atoms with van der Waals surface area (Å²) in [4.78, 5) is 20.7. The van der Waals surface area contributed by atoms with Gasteiger partial charge in [0, 0.05) is 35.6 Å². The average molecular weight is 422 g/mol. The molecule has 0 atom stereocenters. The first kappa shape index (κ1) is 21.9. The first-order valence-electron chi connectivity index (χ1n) is 9.77. The summed E-state index contributed by atoms with van der Waals surface area (Å²) >= 11 is 0. The van der Waals surface area contributed by atoms with E-state index < -0.39 is 6.03 Å². The molecule has 0 saturated carbocycles. The Hall–Kier alpha value is -3.81. The Morgan fingerprint density at radius 2 is 1.42 bits per heavy atom. The smallest absolute Gasteiger partial charge is 0.324 e. The quantitative estimate of drug-likeness (QED) is 0.507. The highest BCUT2D eigenvalue weighted by Crippen LogP contribution is 2.26. The Labute approximate surface area is 182 Å². The summed E-state index contributed by atoms with van der Waals surface area (Å²) in [5, 5.41) is 8.66. The van der Waals surface area contributed by atoms with Gasteiger partial charge in [-0.2, -0.15) is 0 Å². The molecule has 8 nitrogen and oxygen atoms in total. The monoisotopic (exact) mass is 421 g/mol. The molecule has 8 heteroatoms. The normalized spacial score (nSPS) is 10.9. The second-order valence-corrected chi connectivity index (χ2v) is 7.92. The molecule has 0 aliphatic heterocycles. The van der Waals surface area contributed by atoms with Gasteiger partial charge in [0.2, 0.25) is 0 Å².